The molecule has 1 rings (SSSR count). The number of aromatic nitrogens is 1. The molecular formula is C11H19N3O2S. The van der Waals surface area contributed by atoms with Crippen molar-refractivity contribution in [1.82, 2.24) is 10.3 Å². The van der Waals surface area contributed by atoms with E-state index in [2.05, 4.69) is 15.6 Å². The van der Waals surface area contributed by atoms with E-state index in [9.17, 15) is 9.90 Å². The van der Waals surface area contributed by atoms with Gasteiger partial charge in [-0.15, -0.1) is 0 Å². The van der Waals surface area contributed by atoms with Gasteiger partial charge in [-0.1, -0.05) is 25.2 Å². The summed E-state index contributed by atoms with van der Waals surface area (Å²) in [7, 11) is 0. The molecule has 1 atom stereocenters. The van der Waals surface area contributed by atoms with E-state index >= 15 is 0 Å². The molecule has 0 saturated heterocycles. The molecule has 0 fully saturated rings. The molecule has 1 aromatic rings. The van der Waals surface area contributed by atoms with Gasteiger partial charge in [0.25, 0.3) is 5.91 Å². The van der Waals surface area contributed by atoms with Crippen molar-refractivity contribution in [3.05, 3.63) is 11.1 Å². The van der Waals surface area contributed by atoms with Crippen molar-refractivity contribution in [2.24, 2.45) is 5.92 Å². The molecule has 0 aliphatic carbocycles. The molecule has 0 spiro atoms. The van der Waals surface area contributed by atoms with Gasteiger partial charge in [-0.2, -0.15) is 0 Å². The SMILES string of the molecule is CCNc1ncc(C(=O)NCC(O)C(C)C)s1. The lowest BCUT2D eigenvalue weighted by atomic mass is 10.1. The highest BCUT2D eigenvalue weighted by Crippen LogP contribution is 2.17. The first-order chi connectivity index (χ1) is 8.04. The molecule has 0 bridgehead atoms. The maximum atomic E-state index is 11.7. The highest BCUT2D eigenvalue weighted by atomic mass is 32.1. The van der Waals surface area contributed by atoms with E-state index in [4.69, 9.17) is 0 Å². The van der Waals surface area contributed by atoms with Crippen LogP contribution in [0.15, 0.2) is 6.20 Å². The van der Waals surface area contributed by atoms with E-state index in [1.54, 1.807) is 6.20 Å². The molecule has 1 aromatic heterocycles. The first-order valence-corrected chi connectivity index (χ1v) is 6.52. The Morgan fingerprint density at radius 2 is 2.29 bits per heavy atom. The lowest BCUT2D eigenvalue weighted by Crippen LogP contribution is -2.34. The van der Waals surface area contributed by atoms with Gasteiger partial charge in [-0.05, 0) is 12.8 Å². The maximum absolute atomic E-state index is 11.7. The maximum Gasteiger partial charge on any atom is 0.263 e. The molecule has 96 valence electrons. The highest BCUT2D eigenvalue weighted by molar-refractivity contribution is 7.17. The van der Waals surface area contributed by atoms with E-state index in [1.807, 2.05) is 20.8 Å². The van der Waals surface area contributed by atoms with E-state index in [-0.39, 0.29) is 18.4 Å². The second-order valence-corrected chi connectivity index (χ2v) is 5.11. The average molecular weight is 257 g/mol. The highest BCUT2D eigenvalue weighted by Gasteiger charge is 2.13. The van der Waals surface area contributed by atoms with Crippen molar-refractivity contribution in [3.8, 4) is 0 Å². The van der Waals surface area contributed by atoms with Crippen LogP contribution in [0, 0.1) is 5.92 Å². The quantitative estimate of drug-likeness (QED) is 0.718. The Bertz CT molecular complexity index is 365. The minimum absolute atomic E-state index is 0.133. The minimum Gasteiger partial charge on any atom is -0.391 e. The molecule has 1 unspecified atom stereocenters. The fraction of sp³-hybridized carbons (Fsp3) is 0.636. The van der Waals surface area contributed by atoms with Gasteiger partial charge >= 0.3 is 0 Å². The smallest absolute Gasteiger partial charge is 0.263 e. The molecule has 0 aliphatic heterocycles. The number of aliphatic hydroxyl groups excluding tert-OH is 1. The first-order valence-electron chi connectivity index (χ1n) is 5.70. The van der Waals surface area contributed by atoms with Crippen LogP contribution in [-0.4, -0.2) is 35.2 Å². The third-order valence-corrected chi connectivity index (χ3v) is 3.25. The van der Waals surface area contributed by atoms with Crippen molar-refractivity contribution >= 4 is 22.4 Å². The third-order valence-electron chi connectivity index (χ3n) is 2.30. The fourth-order valence-corrected chi connectivity index (χ4v) is 1.93. The summed E-state index contributed by atoms with van der Waals surface area (Å²) in [6.07, 6.45) is 1.03. The van der Waals surface area contributed by atoms with Crippen LogP contribution >= 0.6 is 11.3 Å². The topological polar surface area (TPSA) is 74.2 Å². The summed E-state index contributed by atoms with van der Waals surface area (Å²) in [5.41, 5.74) is 0. The number of hydrogen-bond acceptors (Lipinski definition) is 5. The van der Waals surface area contributed by atoms with Gasteiger partial charge in [0.1, 0.15) is 4.88 Å². The third kappa shape index (κ3) is 4.32. The summed E-state index contributed by atoms with van der Waals surface area (Å²) in [5, 5.41) is 16.0. The number of hydrogen-bond donors (Lipinski definition) is 3. The van der Waals surface area contributed by atoms with Crippen molar-refractivity contribution in [2.45, 2.75) is 26.9 Å². The van der Waals surface area contributed by atoms with Crippen LogP contribution < -0.4 is 10.6 Å². The van der Waals surface area contributed by atoms with Crippen LogP contribution in [0.2, 0.25) is 0 Å². The van der Waals surface area contributed by atoms with Crippen molar-refractivity contribution < 1.29 is 9.90 Å². The summed E-state index contributed by atoms with van der Waals surface area (Å²) < 4.78 is 0. The lowest BCUT2D eigenvalue weighted by Gasteiger charge is -2.14. The normalized spacial score (nSPS) is 12.5. The van der Waals surface area contributed by atoms with Crippen LogP contribution in [0.1, 0.15) is 30.4 Å². The molecule has 0 aliphatic rings. The lowest BCUT2D eigenvalue weighted by molar-refractivity contribution is 0.0875. The zero-order chi connectivity index (χ0) is 12.8. The Morgan fingerprint density at radius 3 is 2.88 bits per heavy atom. The van der Waals surface area contributed by atoms with E-state index < -0.39 is 6.10 Å². The molecule has 3 N–H and O–H groups in total. The summed E-state index contributed by atoms with van der Waals surface area (Å²) in [5.74, 6) is -0.0552. The fourth-order valence-electron chi connectivity index (χ4n) is 1.13. The van der Waals surface area contributed by atoms with E-state index in [0.29, 0.717) is 4.88 Å². The molecule has 0 radical (unpaired) electrons. The second kappa shape index (κ2) is 6.56. The Kier molecular flexibility index (Phi) is 5.37. The number of anilines is 1. The standard InChI is InChI=1S/C11H19N3O2S/c1-4-12-11-14-6-9(17-11)10(16)13-5-8(15)7(2)3/h6-8,15H,4-5H2,1-3H3,(H,12,14)(H,13,16). The van der Waals surface area contributed by atoms with Gasteiger partial charge < -0.3 is 15.7 Å². The predicted octanol–water partition coefficient (Wildman–Crippen LogP) is 1.32. The molecule has 1 heterocycles. The van der Waals surface area contributed by atoms with Crippen molar-refractivity contribution in [1.29, 1.82) is 0 Å². The van der Waals surface area contributed by atoms with Crippen molar-refractivity contribution in [3.63, 3.8) is 0 Å². The molecule has 0 aromatic carbocycles. The van der Waals surface area contributed by atoms with E-state index in [0.717, 1.165) is 11.7 Å². The number of thiazole rings is 1. The number of aliphatic hydroxyl groups is 1. The number of nitrogens with zero attached hydrogens (tertiary/aromatic N) is 1. The Hall–Kier alpha value is -1.14. The Morgan fingerprint density at radius 1 is 1.59 bits per heavy atom. The number of amides is 1. The van der Waals surface area contributed by atoms with Crippen molar-refractivity contribution in [2.75, 3.05) is 18.4 Å². The summed E-state index contributed by atoms with van der Waals surface area (Å²) in [4.78, 5) is 16.3. The summed E-state index contributed by atoms with van der Waals surface area (Å²) in [6, 6.07) is 0. The molecular weight excluding hydrogens is 238 g/mol. The number of rotatable bonds is 6. The van der Waals surface area contributed by atoms with E-state index in [1.165, 1.54) is 11.3 Å². The number of carbonyl (C=O) groups is 1. The monoisotopic (exact) mass is 257 g/mol. The van der Waals surface area contributed by atoms with Gasteiger partial charge in [0.2, 0.25) is 0 Å². The van der Waals surface area contributed by atoms with Gasteiger partial charge in [0, 0.05) is 13.1 Å². The largest absolute Gasteiger partial charge is 0.391 e. The Labute approximate surface area is 105 Å². The first kappa shape index (κ1) is 13.9. The average Bonchev–Trinajstić information content (AvgIpc) is 2.74. The Balaban J connectivity index is 2.46. The summed E-state index contributed by atoms with van der Waals surface area (Å²) >= 11 is 1.31. The minimum atomic E-state index is -0.514. The van der Waals surface area contributed by atoms with Crippen LogP contribution in [0.25, 0.3) is 0 Å². The molecule has 1 amide bonds. The van der Waals surface area contributed by atoms with Crippen LogP contribution in [-0.2, 0) is 0 Å². The predicted molar refractivity (Wildman–Crippen MR) is 69.5 cm³/mol. The zero-order valence-electron chi connectivity index (χ0n) is 10.4. The van der Waals surface area contributed by atoms with Crippen LogP contribution in [0.5, 0.6) is 0 Å². The van der Waals surface area contributed by atoms with Gasteiger partial charge in [-0.3, -0.25) is 4.79 Å². The molecule has 0 saturated carbocycles. The van der Waals surface area contributed by atoms with Gasteiger partial charge in [-0.25, -0.2) is 4.98 Å². The van der Waals surface area contributed by atoms with Crippen LogP contribution in [0.3, 0.4) is 0 Å². The van der Waals surface area contributed by atoms with Gasteiger partial charge in [0.05, 0.1) is 12.3 Å². The van der Waals surface area contributed by atoms with Gasteiger partial charge in [0.15, 0.2) is 5.13 Å². The molecule has 5 nitrogen and oxygen atoms in total. The second-order valence-electron chi connectivity index (χ2n) is 4.08. The zero-order valence-corrected chi connectivity index (χ0v) is 11.2. The molecule has 17 heavy (non-hydrogen) atoms. The summed E-state index contributed by atoms with van der Waals surface area (Å²) in [6.45, 7) is 6.84. The number of carbonyl (C=O) groups excluding carboxylic acids is 1. The van der Waals surface area contributed by atoms with Crippen LogP contribution in [0.4, 0.5) is 5.13 Å². The molecule has 6 heteroatoms. The number of nitrogens with one attached hydrogen (secondary N) is 2.